The Balaban J connectivity index is 1.23. The number of hydrogen-bond acceptors (Lipinski definition) is 3. The summed E-state index contributed by atoms with van der Waals surface area (Å²) in [6.45, 7) is 3.95. The minimum absolute atomic E-state index is 0.0998. The summed E-state index contributed by atoms with van der Waals surface area (Å²) >= 11 is 0. The van der Waals surface area contributed by atoms with E-state index in [9.17, 15) is 4.79 Å². The predicted octanol–water partition coefficient (Wildman–Crippen LogP) is 4.75. The molecule has 4 heteroatoms. The number of piperidine rings is 1. The number of amides is 1. The highest BCUT2D eigenvalue weighted by atomic mass is 16.1. The van der Waals surface area contributed by atoms with Crippen molar-refractivity contribution in [3.8, 4) is 11.1 Å². The number of carbonyl (C=O) groups is 1. The van der Waals surface area contributed by atoms with Crippen LogP contribution in [-0.4, -0.2) is 42.0 Å². The van der Waals surface area contributed by atoms with E-state index in [0.717, 1.165) is 37.2 Å². The quantitative estimate of drug-likeness (QED) is 0.583. The van der Waals surface area contributed by atoms with Gasteiger partial charge in [0.25, 0.3) is 5.91 Å². The lowest BCUT2D eigenvalue weighted by molar-refractivity contribution is 0.0946. The van der Waals surface area contributed by atoms with Crippen molar-refractivity contribution in [1.29, 1.82) is 0 Å². The number of pyridine rings is 1. The number of aromatic nitrogens is 1. The molecule has 1 aliphatic heterocycles. The van der Waals surface area contributed by atoms with Crippen molar-refractivity contribution in [2.45, 2.75) is 25.2 Å². The molecule has 1 aliphatic rings. The van der Waals surface area contributed by atoms with Gasteiger partial charge in [0.15, 0.2) is 0 Å². The molecule has 0 aliphatic carbocycles. The van der Waals surface area contributed by atoms with Crippen LogP contribution in [0.3, 0.4) is 0 Å². The number of rotatable bonds is 7. The maximum Gasteiger partial charge on any atom is 0.270 e. The van der Waals surface area contributed by atoms with Crippen LogP contribution in [-0.2, 0) is 0 Å². The highest BCUT2D eigenvalue weighted by molar-refractivity contribution is 5.98. The Morgan fingerprint density at radius 1 is 0.933 bits per heavy atom. The van der Waals surface area contributed by atoms with E-state index in [-0.39, 0.29) is 5.91 Å². The van der Waals surface area contributed by atoms with E-state index in [1.165, 1.54) is 18.4 Å². The summed E-state index contributed by atoms with van der Waals surface area (Å²) in [7, 11) is 0. The standard InChI is InChI=1S/C26H29N3O/c30-26(25-24(13-7-16-27-25)23-11-5-2-6-12-23)28-17-8-18-29-19-14-22(15-20-29)21-9-3-1-4-10-21/h1-7,9-13,16,22H,8,14-15,17-20H2,(H,28,30). The van der Waals surface area contributed by atoms with Gasteiger partial charge in [-0.25, -0.2) is 0 Å². The molecule has 0 radical (unpaired) electrons. The number of nitrogens with zero attached hydrogens (tertiary/aromatic N) is 2. The van der Waals surface area contributed by atoms with Crippen molar-refractivity contribution in [3.63, 3.8) is 0 Å². The monoisotopic (exact) mass is 399 g/mol. The van der Waals surface area contributed by atoms with Crippen LogP contribution in [0.15, 0.2) is 79.0 Å². The van der Waals surface area contributed by atoms with Gasteiger partial charge in [0.2, 0.25) is 0 Å². The van der Waals surface area contributed by atoms with Crippen molar-refractivity contribution in [2.75, 3.05) is 26.2 Å². The number of hydrogen-bond donors (Lipinski definition) is 1. The largest absolute Gasteiger partial charge is 0.351 e. The van der Waals surface area contributed by atoms with Gasteiger partial charge >= 0.3 is 0 Å². The second kappa shape index (κ2) is 10.2. The predicted molar refractivity (Wildman–Crippen MR) is 121 cm³/mol. The van der Waals surface area contributed by atoms with Gasteiger partial charge in [-0.15, -0.1) is 0 Å². The van der Waals surface area contributed by atoms with Gasteiger partial charge in [-0.05, 0) is 62.0 Å². The van der Waals surface area contributed by atoms with E-state index in [1.54, 1.807) is 6.20 Å². The lowest BCUT2D eigenvalue weighted by Gasteiger charge is -2.32. The molecule has 1 N–H and O–H groups in total. The molecule has 0 unspecified atom stereocenters. The Kier molecular flexibility index (Phi) is 6.88. The van der Waals surface area contributed by atoms with Crippen molar-refractivity contribution in [3.05, 3.63) is 90.3 Å². The Labute approximate surface area is 179 Å². The molecule has 2 heterocycles. The van der Waals surface area contributed by atoms with E-state index in [0.29, 0.717) is 18.2 Å². The van der Waals surface area contributed by atoms with Gasteiger partial charge in [0, 0.05) is 18.3 Å². The topological polar surface area (TPSA) is 45.2 Å². The second-order valence-electron chi connectivity index (χ2n) is 7.90. The zero-order chi connectivity index (χ0) is 20.6. The minimum Gasteiger partial charge on any atom is -0.351 e. The van der Waals surface area contributed by atoms with Crippen LogP contribution in [0.5, 0.6) is 0 Å². The van der Waals surface area contributed by atoms with E-state index in [4.69, 9.17) is 0 Å². The molecule has 4 nitrogen and oxygen atoms in total. The highest BCUT2D eigenvalue weighted by Crippen LogP contribution is 2.27. The molecule has 3 aromatic rings. The lowest BCUT2D eigenvalue weighted by atomic mass is 9.89. The lowest BCUT2D eigenvalue weighted by Crippen LogP contribution is -2.35. The molecule has 1 amide bonds. The summed E-state index contributed by atoms with van der Waals surface area (Å²) in [5.74, 6) is 0.583. The van der Waals surface area contributed by atoms with Crippen molar-refractivity contribution in [2.24, 2.45) is 0 Å². The summed E-state index contributed by atoms with van der Waals surface area (Å²) in [6, 6.07) is 24.6. The molecule has 154 valence electrons. The third-order valence-corrected chi connectivity index (χ3v) is 5.90. The maximum atomic E-state index is 12.7. The first-order valence-corrected chi connectivity index (χ1v) is 10.9. The zero-order valence-corrected chi connectivity index (χ0v) is 17.3. The number of nitrogens with one attached hydrogen (secondary N) is 1. The van der Waals surface area contributed by atoms with Crippen LogP contribution >= 0.6 is 0 Å². The number of likely N-dealkylation sites (tertiary alicyclic amines) is 1. The van der Waals surface area contributed by atoms with Gasteiger partial charge in [-0.3, -0.25) is 9.78 Å². The van der Waals surface area contributed by atoms with Crippen LogP contribution in [0.2, 0.25) is 0 Å². The van der Waals surface area contributed by atoms with E-state index >= 15 is 0 Å². The Morgan fingerprint density at radius 2 is 1.63 bits per heavy atom. The summed E-state index contributed by atoms with van der Waals surface area (Å²) in [6.07, 6.45) is 5.06. The van der Waals surface area contributed by atoms with Gasteiger partial charge in [-0.1, -0.05) is 66.7 Å². The average molecular weight is 400 g/mol. The van der Waals surface area contributed by atoms with E-state index < -0.39 is 0 Å². The minimum atomic E-state index is -0.0998. The van der Waals surface area contributed by atoms with Crippen molar-refractivity contribution < 1.29 is 4.79 Å². The molecule has 30 heavy (non-hydrogen) atoms. The third-order valence-electron chi connectivity index (χ3n) is 5.90. The van der Waals surface area contributed by atoms with Crippen molar-refractivity contribution in [1.82, 2.24) is 15.2 Å². The summed E-state index contributed by atoms with van der Waals surface area (Å²) in [5, 5.41) is 3.06. The number of carbonyl (C=O) groups excluding carboxylic acids is 1. The number of benzene rings is 2. The Morgan fingerprint density at radius 3 is 2.37 bits per heavy atom. The molecular formula is C26H29N3O. The molecule has 1 aromatic heterocycles. The van der Waals surface area contributed by atoms with Crippen LogP contribution in [0, 0.1) is 0 Å². The highest BCUT2D eigenvalue weighted by Gasteiger charge is 2.20. The fourth-order valence-electron chi connectivity index (χ4n) is 4.24. The Bertz CT molecular complexity index is 935. The SMILES string of the molecule is O=C(NCCCN1CCC(c2ccccc2)CC1)c1ncccc1-c1ccccc1. The molecular weight excluding hydrogens is 370 g/mol. The van der Waals surface area contributed by atoms with E-state index in [2.05, 4.69) is 45.5 Å². The first kappa shape index (κ1) is 20.3. The van der Waals surface area contributed by atoms with Crippen LogP contribution in [0.25, 0.3) is 11.1 Å². The molecule has 4 rings (SSSR count). The normalized spacial score (nSPS) is 15.1. The van der Waals surface area contributed by atoms with Gasteiger partial charge in [0.05, 0.1) is 0 Å². The second-order valence-corrected chi connectivity index (χ2v) is 7.90. The first-order chi connectivity index (χ1) is 14.8. The van der Waals surface area contributed by atoms with Gasteiger partial charge < -0.3 is 10.2 Å². The summed E-state index contributed by atoms with van der Waals surface area (Å²) in [5.41, 5.74) is 3.84. The van der Waals surface area contributed by atoms with E-state index in [1.807, 2.05) is 42.5 Å². The molecule has 2 aromatic carbocycles. The van der Waals surface area contributed by atoms with Crippen molar-refractivity contribution >= 4 is 5.91 Å². The smallest absolute Gasteiger partial charge is 0.270 e. The molecule has 1 saturated heterocycles. The summed E-state index contributed by atoms with van der Waals surface area (Å²) in [4.78, 5) is 19.6. The molecule has 0 spiro atoms. The maximum absolute atomic E-state index is 12.7. The fourth-order valence-corrected chi connectivity index (χ4v) is 4.24. The third kappa shape index (κ3) is 5.14. The zero-order valence-electron chi connectivity index (χ0n) is 17.3. The Hall–Kier alpha value is -2.98. The molecule has 0 saturated carbocycles. The van der Waals surface area contributed by atoms with Crippen LogP contribution in [0.1, 0.15) is 41.2 Å². The van der Waals surface area contributed by atoms with Gasteiger partial charge in [-0.2, -0.15) is 0 Å². The first-order valence-electron chi connectivity index (χ1n) is 10.9. The molecule has 0 atom stereocenters. The average Bonchev–Trinajstić information content (AvgIpc) is 2.83. The van der Waals surface area contributed by atoms with Gasteiger partial charge in [0.1, 0.15) is 5.69 Å². The van der Waals surface area contributed by atoms with Crippen LogP contribution < -0.4 is 5.32 Å². The summed E-state index contributed by atoms with van der Waals surface area (Å²) < 4.78 is 0. The molecule has 1 fully saturated rings. The fraction of sp³-hybridized carbons (Fsp3) is 0.308. The molecule has 0 bridgehead atoms. The van der Waals surface area contributed by atoms with Crippen LogP contribution in [0.4, 0.5) is 0 Å².